The first-order chi connectivity index (χ1) is 16.5. The number of carbonyl (C=O) groups excluding carboxylic acids is 1. The number of carbonyl (C=O) groups is 1. The van der Waals surface area contributed by atoms with E-state index < -0.39 is 28.6 Å². The van der Waals surface area contributed by atoms with Crippen molar-refractivity contribution in [1.82, 2.24) is 0 Å². The summed E-state index contributed by atoms with van der Waals surface area (Å²) in [7, 11) is 0. The molecule has 2 fully saturated rings. The molecule has 0 unspecified atom stereocenters. The monoisotopic (exact) mass is 480 g/mol. The number of rotatable bonds is 4. The molecular formula is C31H38F2O2. The summed E-state index contributed by atoms with van der Waals surface area (Å²) in [5, 5.41) is 11.8. The zero-order chi connectivity index (χ0) is 25.5. The van der Waals surface area contributed by atoms with Gasteiger partial charge in [0.2, 0.25) is 0 Å². The third kappa shape index (κ3) is 4.42. The van der Waals surface area contributed by atoms with E-state index in [0.717, 1.165) is 36.0 Å². The first kappa shape index (κ1) is 25.8. The summed E-state index contributed by atoms with van der Waals surface area (Å²) >= 11 is 0. The average Bonchev–Trinajstić information content (AvgIpc) is 3.10. The van der Waals surface area contributed by atoms with Gasteiger partial charge in [0.15, 0.2) is 11.6 Å². The third-order valence-corrected chi connectivity index (χ3v) is 8.97. The number of fused-ring (bicyclic) bond motifs is 4. The van der Waals surface area contributed by atoms with E-state index in [1.807, 2.05) is 27.7 Å². The number of ketones is 1. The van der Waals surface area contributed by atoms with Gasteiger partial charge in [0.25, 0.3) is 0 Å². The summed E-state index contributed by atoms with van der Waals surface area (Å²) in [5.74, 6) is 4.37. The van der Waals surface area contributed by atoms with Crippen molar-refractivity contribution in [2.45, 2.75) is 84.7 Å². The van der Waals surface area contributed by atoms with Gasteiger partial charge in [-0.2, -0.15) is 0 Å². The van der Waals surface area contributed by atoms with Gasteiger partial charge in [-0.25, -0.2) is 8.78 Å². The minimum atomic E-state index is -1.22. The average molecular weight is 481 g/mol. The van der Waals surface area contributed by atoms with Crippen LogP contribution in [0.3, 0.4) is 0 Å². The molecule has 0 heterocycles. The van der Waals surface area contributed by atoms with Crippen LogP contribution in [0.2, 0.25) is 0 Å². The Morgan fingerprint density at radius 3 is 2.69 bits per heavy atom. The highest BCUT2D eigenvalue weighted by molar-refractivity contribution is 5.93. The molecule has 2 nitrogen and oxygen atoms in total. The van der Waals surface area contributed by atoms with E-state index in [1.54, 1.807) is 12.2 Å². The van der Waals surface area contributed by atoms with Gasteiger partial charge in [-0.3, -0.25) is 4.79 Å². The van der Waals surface area contributed by atoms with Crippen molar-refractivity contribution in [2.75, 3.05) is 0 Å². The normalized spacial score (nSPS) is 35.4. The molecule has 0 amide bonds. The van der Waals surface area contributed by atoms with Gasteiger partial charge in [-0.1, -0.05) is 57.8 Å². The van der Waals surface area contributed by atoms with Crippen LogP contribution in [0, 0.1) is 40.9 Å². The molecule has 0 aromatic heterocycles. The molecule has 1 N–H and O–H groups in total. The topological polar surface area (TPSA) is 37.3 Å². The van der Waals surface area contributed by atoms with Crippen LogP contribution in [0.25, 0.3) is 0 Å². The lowest BCUT2D eigenvalue weighted by Gasteiger charge is -2.53. The highest BCUT2D eigenvalue weighted by atomic mass is 19.2. The molecule has 0 radical (unpaired) electrons. The fraction of sp³-hybridized carbons (Fsp3) is 0.581. The quantitative estimate of drug-likeness (QED) is 0.334. The van der Waals surface area contributed by atoms with Crippen molar-refractivity contribution in [1.29, 1.82) is 0 Å². The molecule has 0 aliphatic heterocycles. The maximum Gasteiger partial charge on any atom is 0.156 e. The number of aliphatic hydroxyl groups is 1. The Morgan fingerprint density at radius 1 is 1.29 bits per heavy atom. The fourth-order valence-electron chi connectivity index (χ4n) is 7.07. The number of halogens is 2. The molecule has 5 atom stereocenters. The first-order valence-corrected chi connectivity index (χ1v) is 13.1. The van der Waals surface area contributed by atoms with Gasteiger partial charge in [0, 0.05) is 23.7 Å². The molecule has 0 saturated heterocycles. The molecule has 4 heteroatoms. The largest absolute Gasteiger partial charge is 0.377 e. The van der Waals surface area contributed by atoms with Crippen molar-refractivity contribution in [3.05, 3.63) is 58.8 Å². The number of allylic oxidation sites excluding steroid dienone is 9. The van der Waals surface area contributed by atoms with Crippen molar-refractivity contribution in [2.24, 2.45) is 29.1 Å². The molecule has 0 aromatic rings. The van der Waals surface area contributed by atoms with Gasteiger partial charge >= 0.3 is 0 Å². The first-order valence-electron chi connectivity index (χ1n) is 13.1. The second-order valence-electron chi connectivity index (χ2n) is 11.3. The fourth-order valence-corrected chi connectivity index (χ4v) is 7.07. The van der Waals surface area contributed by atoms with Crippen LogP contribution in [0.5, 0.6) is 0 Å². The van der Waals surface area contributed by atoms with Gasteiger partial charge in [0.05, 0.1) is 0 Å². The Kier molecular flexibility index (Phi) is 7.13. The van der Waals surface area contributed by atoms with E-state index in [0.29, 0.717) is 37.7 Å². The van der Waals surface area contributed by atoms with Gasteiger partial charge in [0.1, 0.15) is 11.4 Å². The standard InChI is InChI=1S/C31H38F2O2/c1-6-20(7-2)16-27(32)29(33)25-18-30(5)26(13-15-31(30,35)14-12-19(3)4)24-10-8-21-17-22(34)9-11-23(21)28(24)25/h6,16-17,19,24-26,35H,1,7-11,13,15,18H2,2-5H3/b20-16+,29-27+/t24-,25-,26-,30-,31-/m0/s1. The van der Waals surface area contributed by atoms with Crippen LogP contribution in [-0.2, 0) is 4.79 Å². The minimum absolute atomic E-state index is 0.0570. The number of hydrogen-bond acceptors (Lipinski definition) is 2. The molecule has 2 saturated carbocycles. The molecular weight excluding hydrogens is 442 g/mol. The van der Waals surface area contributed by atoms with Crippen LogP contribution in [-0.4, -0.2) is 16.5 Å². The molecule has 4 aliphatic carbocycles. The zero-order valence-corrected chi connectivity index (χ0v) is 21.5. The summed E-state index contributed by atoms with van der Waals surface area (Å²) in [6.07, 6.45) is 9.32. The summed E-state index contributed by atoms with van der Waals surface area (Å²) in [6, 6.07) is 0. The summed E-state index contributed by atoms with van der Waals surface area (Å²) in [5.41, 5.74) is 1.79. The van der Waals surface area contributed by atoms with Gasteiger partial charge in [-0.15, -0.1) is 0 Å². The van der Waals surface area contributed by atoms with E-state index in [-0.39, 0.29) is 23.5 Å². The highest BCUT2D eigenvalue weighted by Gasteiger charge is 2.63. The van der Waals surface area contributed by atoms with Crippen LogP contribution in [0.4, 0.5) is 8.78 Å². The number of hydrogen-bond donors (Lipinski definition) is 1. The lowest BCUT2D eigenvalue weighted by atomic mass is 9.52. The summed E-state index contributed by atoms with van der Waals surface area (Å²) in [6.45, 7) is 11.6. The van der Waals surface area contributed by atoms with Crippen molar-refractivity contribution < 1.29 is 18.7 Å². The highest BCUT2D eigenvalue weighted by Crippen LogP contribution is 2.66. The molecule has 0 aromatic carbocycles. The molecule has 4 rings (SSSR count). The third-order valence-electron chi connectivity index (χ3n) is 8.97. The predicted molar refractivity (Wildman–Crippen MR) is 136 cm³/mol. The Labute approximate surface area is 209 Å². The Hall–Kier alpha value is -2.25. The van der Waals surface area contributed by atoms with E-state index in [4.69, 9.17) is 0 Å². The second kappa shape index (κ2) is 9.66. The van der Waals surface area contributed by atoms with E-state index in [9.17, 15) is 9.90 Å². The SMILES string of the molecule is C=C/C(=C\C(F)=C(/F)[C@H]1C[C@@]2(C)[C@@H](CC[C@@]2(O)C#CC(C)C)[C@@H]2CCC3=CC(=O)CCC3=C21)CC. The molecule has 35 heavy (non-hydrogen) atoms. The van der Waals surface area contributed by atoms with Crippen molar-refractivity contribution >= 4 is 5.78 Å². The maximum atomic E-state index is 16.1. The predicted octanol–water partition coefficient (Wildman–Crippen LogP) is 7.48. The lowest BCUT2D eigenvalue weighted by molar-refractivity contribution is -0.114. The van der Waals surface area contributed by atoms with Crippen LogP contribution in [0.1, 0.15) is 79.1 Å². The van der Waals surface area contributed by atoms with Crippen molar-refractivity contribution in [3.8, 4) is 11.8 Å². The Balaban J connectivity index is 1.89. The molecule has 188 valence electrons. The van der Waals surface area contributed by atoms with E-state index >= 15 is 8.78 Å². The van der Waals surface area contributed by atoms with Gasteiger partial charge in [-0.05, 0) is 85.7 Å². The van der Waals surface area contributed by atoms with E-state index in [1.165, 1.54) is 6.08 Å². The molecule has 0 bridgehead atoms. The van der Waals surface area contributed by atoms with E-state index in [2.05, 4.69) is 18.4 Å². The van der Waals surface area contributed by atoms with Crippen molar-refractivity contribution in [3.63, 3.8) is 0 Å². The summed E-state index contributed by atoms with van der Waals surface area (Å²) in [4.78, 5) is 12.1. The Bertz CT molecular complexity index is 1110. The maximum absolute atomic E-state index is 16.1. The van der Waals surface area contributed by atoms with Crippen LogP contribution < -0.4 is 0 Å². The minimum Gasteiger partial charge on any atom is -0.377 e. The van der Waals surface area contributed by atoms with Crippen LogP contribution in [0.15, 0.2) is 58.8 Å². The molecule has 0 spiro atoms. The van der Waals surface area contributed by atoms with Gasteiger partial charge < -0.3 is 5.11 Å². The summed E-state index contributed by atoms with van der Waals surface area (Å²) < 4.78 is 31.5. The lowest BCUT2D eigenvalue weighted by Crippen LogP contribution is -2.51. The van der Waals surface area contributed by atoms with Crippen LogP contribution >= 0.6 is 0 Å². The molecule has 4 aliphatic rings. The second-order valence-corrected chi connectivity index (χ2v) is 11.3. The zero-order valence-electron chi connectivity index (χ0n) is 21.5. The Morgan fingerprint density at radius 2 is 2.03 bits per heavy atom. The smallest absolute Gasteiger partial charge is 0.156 e.